The fourth-order valence-electron chi connectivity index (χ4n) is 3.89. The highest BCUT2D eigenvalue weighted by Crippen LogP contribution is 2.24. The van der Waals surface area contributed by atoms with E-state index < -0.39 is 6.04 Å². The molecule has 30 heavy (non-hydrogen) atoms. The molecular weight excluding hydrogens is 398 g/mol. The third-order valence-electron chi connectivity index (χ3n) is 5.59. The van der Waals surface area contributed by atoms with Crippen LogP contribution >= 0.6 is 11.6 Å². The summed E-state index contributed by atoms with van der Waals surface area (Å²) >= 11 is 6.14. The van der Waals surface area contributed by atoms with E-state index >= 15 is 0 Å². The molecule has 2 N–H and O–H groups in total. The number of hydrogen-bond acceptors (Lipinski definition) is 3. The van der Waals surface area contributed by atoms with E-state index in [-0.39, 0.29) is 23.8 Å². The first-order valence-electron chi connectivity index (χ1n) is 10.6. The van der Waals surface area contributed by atoms with Crippen LogP contribution in [0.2, 0.25) is 5.02 Å². The van der Waals surface area contributed by atoms with Gasteiger partial charge in [0.25, 0.3) is 5.91 Å². The molecule has 1 aliphatic heterocycles. The number of likely N-dealkylation sites (tertiary alicyclic amines) is 1. The highest BCUT2D eigenvalue weighted by Gasteiger charge is 2.28. The lowest BCUT2D eigenvalue weighted by atomic mass is 10.0. The van der Waals surface area contributed by atoms with Gasteiger partial charge in [0, 0.05) is 6.54 Å². The van der Waals surface area contributed by atoms with Crippen molar-refractivity contribution < 1.29 is 9.59 Å². The van der Waals surface area contributed by atoms with Crippen molar-refractivity contribution in [2.75, 3.05) is 19.6 Å². The molecule has 1 aliphatic rings. The van der Waals surface area contributed by atoms with E-state index in [0.717, 1.165) is 13.1 Å². The molecule has 2 aromatic carbocycles. The van der Waals surface area contributed by atoms with Crippen LogP contribution in [0.15, 0.2) is 54.6 Å². The van der Waals surface area contributed by atoms with Crippen LogP contribution in [0.5, 0.6) is 0 Å². The molecule has 2 amide bonds. The third-order valence-corrected chi connectivity index (χ3v) is 5.92. The Morgan fingerprint density at radius 3 is 2.27 bits per heavy atom. The Balaban J connectivity index is 1.68. The van der Waals surface area contributed by atoms with Crippen molar-refractivity contribution in [2.45, 2.75) is 38.8 Å². The second-order valence-electron chi connectivity index (χ2n) is 8.09. The van der Waals surface area contributed by atoms with Crippen molar-refractivity contribution in [2.24, 2.45) is 5.92 Å². The van der Waals surface area contributed by atoms with Gasteiger partial charge in [0.1, 0.15) is 6.04 Å². The molecule has 2 unspecified atom stereocenters. The molecule has 0 bridgehead atoms. The second-order valence-corrected chi connectivity index (χ2v) is 8.50. The number of nitrogens with one attached hydrogen (secondary N) is 2. The molecule has 0 aromatic heterocycles. The topological polar surface area (TPSA) is 61.4 Å². The van der Waals surface area contributed by atoms with Gasteiger partial charge in [0.05, 0.1) is 16.6 Å². The van der Waals surface area contributed by atoms with Gasteiger partial charge in [-0.05, 0) is 49.5 Å². The van der Waals surface area contributed by atoms with Gasteiger partial charge in [-0.15, -0.1) is 0 Å². The largest absolute Gasteiger partial charge is 0.352 e. The van der Waals surface area contributed by atoms with E-state index in [1.54, 1.807) is 24.3 Å². The maximum Gasteiger partial charge on any atom is 0.253 e. The molecule has 1 fully saturated rings. The van der Waals surface area contributed by atoms with Gasteiger partial charge in [-0.1, -0.05) is 67.9 Å². The first-order chi connectivity index (χ1) is 14.5. The van der Waals surface area contributed by atoms with E-state index in [9.17, 15) is 9.59 Å². The lowest BCUT2D eigenvalue weighted by molar-refractivity contribution is -0.124. The van der Waals surface area contributed by atoms with E-state index in [1.165, 1.54) is 18.4 Å². The monoisotopic (exact) mass is 427 g/mol. The Labute approximate surface area is 183 Å². The van der Waals surface area contributed by atoms with Crippen LogP contribution < -0.4 is 10.6 Å². The molecule has 0 radical (unpaired) electrons. The van der Waals surface area contributed by atoms with Crippen molar-refractivity contribution in [3.63, 3.8) is 0 Å². The number of carbonyl (C=O) groups excluding carboxylic acids is 2. The Morgan fingerprint density at radius 2 is 1.63 bits per heavy atom. The van der Waals surface area contributed by atoms with Crippen LogP contribution in [0, 0.1) is 5.92 Å². The van der Waals surface area contributed by atoms with Crippen LogP contribution in [0.1, 0.15) is 48.7 Å². The van der Waals surface area contributed by atoms with Crippen molar-refractivity contribution in [3.05, 3.63) is 70.7 Å². The molecule has 5 nitrogen and oxygen atoms in total. The molecule has 0 spiro atoms. The van der Waals surface area contributed by atoms with E-state index in [4.69, 9.17) is 11.6 Å². The molecule has 2 atom stereocenters. The SMILES string of the molecule is CC(C)C(NC(=O)c1ccccc1Cl)C(=O)NCC(c1ccccc1)N1CCCC1. The van der Waals surface area contributed by atoms with Gasteiger partial charge in [0.2, 0.25) is 5.91 Å². The van der Waals surface area contributed by atoms with Gasteiger partial charge in [0.15, 0.2) is 0 Å². The van der Waals surface area contributed by atoms with Gasteiger partial charge >= 0.3 is 0 Å². The molecular formula is C24H30ClN3O2. The van der Waals surface area contributed by atoms with E-state index in [1.807, 2.05) is 32.0 Å². The van der Waals surface area contributed by atoms with Crippen molar-refractivity contribution in [1.29, 1.82) is 0 Å². The predicted molar refractivity (Wildman–Crippen MR) is 121 cm³/mol. The summed E-state index contributed by atoms with van der Waals surface area (Å²) in [5.41, 5.74) is 1.57. The fourth-order valence-corrected chi connectivity index (χ4v) is 4.11. The Hall–Kier alpha value is -2.37. The van der Waals surface area contributed by atoms with Crippen LogP contribution in [-0.2, 0) is 4.79 Å². The number of hydrogen-bond donors (Lipinski definition) is 2. The highest BCUT2D eigenvalue weighted by molar-refractivity contribution is 6.33. The first kappa shape index (κ1) is 22.3. The summed E-state index contributed by atoms with van der Waals surface area (Å²) in [5.74, 6) is -0.572. The summed E-state index contributed by atoms with van der Waals surface area (Å²) in [6.45, 7) is 6.42. The molecule has 0 aliphatic carbocycles. The summed E-state index contributed by atoms with van der Waals surface area (Å²) < 4.78 is 0. The smallest absolute Gasteiger partial charge is 0.253 e. The quantitative estimate of drug-likeness (QED) is 0.668. The van der Waals surface area contributed by atoms with Gasteiger partial charge < -0.3 is 10.6 Å². The van der Waals surface area contributed by atoms with Gasteiger partial charge in [-0.25, -0.2) is 0 Å². The van der Waals surface area contributed by atoms with Crippen LogP contribution in [0.4, 0.5) is 0 Å². The Morgan fingerprint density at radius 1 is 1.00 bits per heavy atom. The lowest BCUT2D eigenvalue weighted by Gasteiger charge is -2.29. The minimum Gasteiger partial charge on any atom is -0.352 e. The Bertz CT molecular complexity index is 851. The first-order valence-corrected chi connectivity index (χ1v) is 11.0. The normalized spacial score (nSPS) is 16.3. The van der Waals surface area contributed by atoms with E-state index in [2.05, 4.69) is 27.7 Å². The average molecular weight is 428 g/mol. The van der Waals surface area contributed by atoms with Crippen LogP contribution in [0.25, 0.3) is 0 Å². The van der Waals surface area contributed by atoms with Crippen molar-refractivity contribution in [3.8, 4) is 0 Å². The molecule has 1 saturated heterocycles. The maximum absolute atomic E-state index is 13.0. The zero-order valence-electron chi connectivity index (χ0n) is 17.6. The van der Waals surface area contributed by atoms with Gasteiger partial charge in [-0.3, -0.25) is 14.5 Å². The average Bonchev–Trinajstić information content (AvgIpc) is 3.27. The summed E-state index contributed by atoms with van der Waals surface area (Å²) in [6, 6.07) is 16.6. The number of rotatable bonds is 8. The summed E-state index contributed by atoms with van der Waals surface area (Å²) in [5, 5.41) is 6.31. The number of carbonyl (C=O) groups is 2. The standard InChI is InChI=1S/C24H30ClN3O2/c1-17(2)22(27-23(29)19-12-6-7-13-20(19)25)24(30)26-16-21(28-14-8-9-15-28)18-10-4-3-5-11-18/h3-7,10-13,17,21-22H,8-9,14-16H2,1-2H3,(H,26,30)(H,27,29). The molecule has 6 heteroatoms. The summed E-state index contributed by atoms with van der Waals surface area (Å²) in [4.78, 5) is 28.1. The van der Waals surface area contributed by atoms with Crippen LogP contribution in [-0.4, -0.2) is 42.4 Å². The second kappa shape index (κ2) is 10.6. The predicted octanol–water partition coefficient (Wildman–Crippen LogP) is 4.05. The number of amides is 2. The number of halogens is 1. The zero-order valence-corrected chi connectivity index (χ0v) is 18.4. The molecule has 3 rings (SSSR count). The minimum absolute atomic E-state index is 0.0570. The van der Waals surface area contributed by atoms with Crippen LogP contribution in [0.3, 0.4) is 0 Å². The third kappa shape index (κ3) is 5.61. The van der Waals surface area contributed by atoms with E-state index in [0.29, 0.717) is 17.1 Å². The maximum atomic E-state index is 13.0. The molecule has 0 saturated carbocycles. The number of nitrogens with zero attached hydrogens (tertiary/aromatic N) is 1. The highest BCUT2D eigenvalue weighted by atomic mass is 35.5. The van der Waals surface area contributed by atoms with Crippen molar-refractivity contribution >= 4 is 23.4 Å². The van der Waals surface area contributed by atoms with Gasteiger partial charge in [-0.2, -0.15) is 0 Å². The summed E-state index contributed by atoms with van der Waals surface area (Å²) in [6.07, 6.45) is 2.36. The fraction of sp³-hybridized carbons (Fsp3) is 0.417. The molecule has 1 heterocycles. The number of benzene rings is 2. The Kier molecular flexibility index (Phi) is 7.88. The molecule has 160 valence electrons. The molecule has 2 aromatic rings. The minimum atomic E-state index is -0.635. The summed E-state index contributed by atoms with van der Waals surface area (Å²) in [7, 11) is 0. The zero-order chi connectivity index (χ0) is 21.5. The van der Waals surface area contributed by atoms with Crippen molar-refractivity contribution in [1.82, 2.24) is 15.5 Å². The lowest BCUT2D eigenvalue weighted by Crippen LogP contribution is -2.51.